The number of aliphatic imine (C=N–C) groups is 2. The van der Waals surface area contributed by atoms with Gasteiger partial charge in [0, 0.05) is 23.7 Å². The first-order valence-electron chi connectivity index (χ1n) is 8.88. The number of hydrogen-bond donors (Lipinski definition) is 3. The van der Waals surface area contributed by atoms with Crippen LogP contribution in [-0.4, -0.2) is 16.7 Å². The fourth-order valence-corrected chi connectivity index (χ4v) is 3.31. The van der Waals surface area contributed by atoms with Crippen LogP contribution >= 0.6 is 0 Å². The Kier molecular flexibility index (Phi) is 4.44. The Morgan fingerprint density at radius 1 is 1.10 bits per heavy atom. The molecule has 4 rings (SSSR count). The summed E-state index contributed by atoms with van der Waals surface area (Å²) in [6, 6.07) is 10.8. The van der Waals surface area contributed by atoms with Gasteiger partial charge in [-0.25, -0.2) is 9.98 Å². The summed E-state index contributed by atoms with van der Waals surface area (Å²) in [5.74, 6) is -0.556. The molecule has 0 bridgehead atoms. The van der Waals surface area contributed by atoms with Gasteiger partial charge in [0.15, 0.2) is 11.7 Å². The number of hydrazine groups is 1. The van der Waals surface area contributed by atoms with Gasteiger partial charge in [0.1, 0.15) is 0 Å². The Morgan fingerprint density at radius 2 is 1.83 bits per heavy atom. The SMILES string of the molecule is Cc1cc(C)cc(C2(N)N=C3C(Nc4cccc(C(F)(F)F)c4)=NC=CN3N2)c1. The summed E-state index contributed by atoms with van der Waals surface area (Å²) in [6.45, 7) is 3.94. The summed E-state index contributed by atoms with van der Waals surface area (Å²) in [4.78, 5) is 8.82. The number of anilines is 1. The molecule has 1 atom stereocenters. The molecule has 2 aliphatic rings. The van der Waals surface area contributed by atoms with Crippen molar-refractivity contribution in [2.75, 3.05) is 5.32 Å². The van der Waals surface area contributed by atoms with Crippen molar-refractivity contribution in [2.45, 2.75) is 25.8 Å². The number of nitrogens with zero attached hydrogens (tertiary/aromatic N) is 3. The lowest BCUT2D eigenvalue weighted by Gasteiger charge is -2.26. The summed E-state index contributed by atoms with van der Waals surface area (Å²) < 4.78 is 39.0. The molecule has 2 aromatic carbocycles. The quantitative estimate of drug-likeness (QED) is 0.720. The minimum Gasteiger partial charge on any atom is -0.337 e. The molecular formula is C20H19F3N6. The zero-order chi connectivity index (χ0) is 20.8. The number of aryl methyl sites for hydroxylation is 2. The number of amidine groups is 2. The number of hydrogen-bond acceptors (Lipinski definition) is 6. The number of fused-ring (bicyclic) bond motifs is 1. The van der Waals surface area contributed by atoms with Crippen LogP contribution in [0.4, 0.5) is 18.9 Å². The summed E-state index contributed by atoms with van der Waals surface area (Å²) in [7, 11) is 0. The van der Waals surface area contributed by atoms with Gasteiger partial charge in [-0.15, -0.1) is 0 Å². The summed E-state index contributed by atoms with van der Waals surface area (Å²) in [5.41, 5.74) is 12.0. The van der Waals surface area contributed by atoms with Crippen molar-refractivity contribution in [3.8, 4) is 0 Å². The molecule has 9 heteroatoms. The van der Waals surface area contributed by atoms with E-state index in [0.717, 1.165) is 28.8 Å². The van der Waals surface area contributed by atoms with E-state index in [1.807, 2.05) is 32.0 Å². The lowest BCUT2D eigenvalue weighted by molar-refractivity contribution is -0.137. The van der Waals surface area contributed by atoms with E-state index in [4.69, 9.17) is 5.73 Å². The highest BCUT2D eigenvalue weighted by Gasteiger charge is 2.39. The fraction of sp³-hybridized carbons (Fsp3) is 0.200. The van der Waals surface area contributed by atoms with E-state index in [-0.39, 0.29) is 11.5 Å². The Bertz CT molecular complexity index is 1040. The molecule has 0 saturated carbocycles. The minimum absolute atomic E-state index is 0.248. The van der Waals surface area contributed by atoms with Crippen LogP contribution in [0.25, 0.3) is 0 Å². The standard InChI is InChI=1S/C20H19F3N6/c1-12-8-13(2)10-15(9-12)20(24)27-18-17(25-6-7-29(18)28-20)26-16-5-3-4-14(11-16)19(21,22)23/h3-11,28H,24H2,1-2H3,(H,25,26). The van der Waals surface area contributed by atoms with Crippen molar-refractivity contribution in [1.82, 2.24) is 10.4 Å². The molecule has 0 radical (unpaired) electrons. The molecule has 0 amide bonds. The molecule has 0 aliphatic carbocycles. The minimum atomic E-state index is -4.43. The number of alkyl halides is 3. The molecule has 2 aromatic rings. The van der Waals surface area contributed by atoms with Crippen LogP contribution in [0, 0.1) is 13.8 Å². The Balaban J connectivity index is 1.66. The predicted molar refractivity (Wildman–Crippen MR) is 106 cm³/mol. The van der Waals surface area contributed by atoms with E-state index in [1.54, 1.807) is 11.2 Å². The van der Waals surface area contributed by atoms with Gasteiger partial charge in [0.05, 0.1) is 5.56 Å². The Morgan fingerprint density at radius 3 is 2.52 bits per heavy atom. The van der Waals surface area contributed by atoms with Crippen LogP contribution in [0.5, 0.6) is 0 Å². The average Bonchev–Trinajstić information content (AvgIpc) is 2.99. The smallest absolute Gasteiger partial charge is 0.337 e. The predicted octanol–water partition coefficient (Wildman–Crippen LogP) is 3.61. The normalized spacial score (nSPS) is 21.0. The van der Waals surface area contributed by atoms with Crippen LogP contribution < -0.4 is 16.5 Å². The summed E-state index contributed by atoms with van der Waals surface area (Å²) in [5, 5.41) is 4.51. The largest absolute Gasteiger partial charge is 0.416 e. The van der Waals surface area contributed by atoms with Crippen molar-refractivity contribution < 1.29 is 13.2 Å². The van der Waals surface area contributed by atoms with E-state index in [1.165, 1.54) is 18.3 Å². The van der Waals surface area contributed by atoms with Crippen molar-refractivity contribution in [2.24, 2.45) is 15.7 Å². The second-order valence-electron chi connectivity index (χ2n) is 7.04. The first-order chi connectivity index (χ1) is 13.6. The first-order valence-corrected chi connectivity index (χ1v) is 8.88. The third-order valence-electron chi connectivity index (χ3n) is 4.55. The van der Waals surface area contributed by atoms with Gasteiger partial charge >= 0.3 is 6.18 Å². The van der Waals surface area contributed by atoms with Crippen LogP contribution in [-0.2, 0) is 12.0 Å². The highest BCUT2D eigenvalue weighted by atomic mass is 19.4. The highest BCUT2D eigenvalue weighted by molar-refractivity contribution is 6.45. The van der Waals surface area contributed by atoms with E-state index in [9.17, 15) is 13.2 Å². The topological polar surface area (TPSA) is 78.0 Å². The molecule has 150 valence electrons. The monoisotopic (exact) mass is 400 g/mol. The molecular weight excluding hydrogens is 381 g/mol. The lowest BCUT2D eigenvalue weighted by Crippen LogP contribution is -2.51. The maximum absolute atomic E-state index is 13.0. The van der Waals surface area contributed by atoms with Crippen LogP contribution in [0.1, 0.15) is 22.3 Å². The number of nitrogens with two attached hydrogens (primary N) is 1. The lowest BCUT2D eigenvalue weighted by atomic mass is 10.0. The van der Waals surface area contributed by atoms with Gasteiger partial charge in [-0.1, -0.05) is 35.4 Å². The maximum Gasteiger partial charge on any atom is 0.416 e. The van der Waals surface area contributed by atoms with E-state index >= 15 is 0 Å². The second-order valence-corrected chi connectivity index (χ2v) is 7.04. The highest BCUT2D eigenvalue weighted by Crippen LogP contribution is 2.31. The van der Waals surface area contributed by atoms with Crippen LogP contribution in [0.15, 0.2) is 64.8 Å². The Hall–Kier alpha value is -3.17. The molecule has 2 aliphatic heterocycles. The van der Waals surface area contributed by atoms with Crippen LogP contribution in [0.2, 0.25) is 0 Å². The number of rotatable bonds is 2. The van der Waals surface area contributed by atoms with Gasteiger partial charge in [0.25, 0.3) is 0 Å². The van der Waals surface area contributed by atoms with Crippen molar-refractivity contribution in [3.05, 3.63) is 77.1 Å². The summed E-state index contributed by atoms with van der Waals surface area (Å²) in [6.07, 6.45) is -1.28. The van der Waals surface area contributed by atoms with Gasteiger partial charge in [-0.2, -0.15) is 18.6 Å². The van der Waals surface area contributed by atoms with Crippen molar-refractivity contribution in [1.29, 1.82) is 0 Å². The number of halogens is 3. The average molecular weight is 400 g/mol. The maximum atomic E-state index is 13.0. The third-order valence-corrected chi connectivity index (χ3v) is 4.55. The van der Waals surface area contributed by atoms with E-state index in [2.05, 4.69) is 20.7 Å². The molecule has 0 fully saturated rings. The molecule has 4 N–H and O–H groups in total. The van der Waals surface area contributed by atoms with Crippen molar-refractivity contribution in [3.63, 3.8) is 0 Å². The molecule has 1 unspecified atom stereocenters. The fourth-order valence-electron chi connectivity index (χ4n) is 3.31. The number of benzene rings is 2. The molecule has 0 spiro atoms. The third kappa shape index (κ3) is 3.74. The zero-order valence-electron chi connectivity index (χ0n) is 15.7. The second kappa shape index (κ2) is 6.71. The van der Waals surface area contributed by atoms with Gasteiger partial charge < -0.3 is 5.32 Å². The Labute approximate surface area is 165 Å². The van der Waals surface area contributed by atoms with E-state index in [0.29, 0.717) is 5.84 Å². The number of nitrogens with one attached hydrogen (secondary N) is 2. The van der Waals surface area contributed by atoms with Crippen LogP contribution in [0.3, 0.4) is 0 Å². The van der Waals surface area contributed by atoms with Gasteiger partial charge in [0.2, 0.25) is 5.79 Å². The zero-order valence-corrected chi connectivity index (χ0v) is 15.7. The van der Waals surface area contributed by atoms with Crippen molar-refractivity contribution >= 4 is 17.4 Å². The molecule has 0 saturated heterocycles. The molecule has 29 heavy (non-hydrogen) atoms. The molecule has 0 aromatic heterocycles. The molecule has 6 nitrogen and oxygen atoms in total. The first kappa shape index (κ1) is 19.2. The molecule has 2 heterocycles. The van der Waals surface area contributed by atoms with Gasteiger partial charge in [-0.3, -0.25) is 10.7 Å². The van der Waals surface area contributed by atoms with E-state index < -0.39 is 17.5 Å². The summed E-state index contributed by atoms with van der Waals surface area (Å²) >= 11 is 0. The van der Waals surface area contributed by atoms with Gasteiger partial charge in [-0.05, 0) is 32.0 Å².